The van der Waals surface area contributed by atoms with E-state index in [4.69, 9.17) is 9.15 Å². The van der Waals surface area contributed by atoms with E-state index in [1.807, 2.05) is 6.92 Å². The number of amides is 2. The van der Waals surface area contributed by atoms with Crippen LogP contribution in [-0.4, -0.2) is 29.1 Å². The van der Waals surface area contributed by atoms with E-state index in [0.717, 1.165) is 12.8 Å². The lowest BCUT2D eigenvalue weighted by Crippen LogP contribution is -2.36. The zero-order chi connectivity index (χ0) is 23.0. The zero-order valence-corrected chi connectivity index (χ0v) is 18.4. The van der Waals surface area contributed by atoms with E-state index in [2.05, 4.69) is 33.0 Å². The van der Waals surface area contributed by atoms with Crippen molar-refractivity contribution in [3.05, 3.63) is 66.2 Å². The number of fused-ring (bicyclic) bond motifs is 2. The molecule has 2 aromatic carbocycles. The molecule has 0 unspecified atom stereocenters. The molecule has 8 nitrogen and oxygen atoms in total. The second kappa shape index (κ2) is 8.20. The van der Waals surface area contributed by atoms with Gasteiger partial charge in [-0.05, 0) is 67.1 Å². The van der Waals surface area contributed by atoms with Crippen molar-refractivity contribution in [3.8, 4) is 17.2 Å². The third-order valence-corrected chi connectivity index (χ3v) is 6.56. The molecule has 0 spiro atoms. The number of methoxy groups -OCH3 is 1. The molecule has 3 atom stereocenters. The third-order valence-electron chi connectivity index (χ3n) is 6.56. The van der Waals surface area contributed by atoms with Crippen LogP contribution in [0, 0.1) is 17.3 Å². The van der Waals surface area contributed by atoms with Crippen LogP contribution in [0.1, 0.15) is 30.1 Å². The van der Waals surface area contributed by atoms with Crippen molar-refractivity contribution in [2.45, 2.75) is 19.8 Å². The number of aromatic nitrogens is 2. The average molecular weight is 444 g/mol. The van der Waals surface area contributed by atoms with Crippen LogP contribution in [0.5, 0.6) is 5.75 Å². The number of benzene rings is 2. The minimum absolute atomic E-state index is 0.0125. The molecule has 3 aromatic rings. The van der Waals surface area contributed by atoms with Gasteiger partial charge < -0.3 is 14.5 Å². The standard InChI is InChI=1S/C25H24N4O4/c1-25(14-15-6-9-18(25)12-15)23(31)26-19-5-3-4-17(13-19)21(30)27-24-29-28-22(33-24)16-7-10-20(32-2)11-8-16/h3-11,13,15,18H,12,14H2,1-2H3,(H,26,31)(H,27,29,30)/t15-,18-,25-/m0/s1. The summed E-state index contributed by atoms with van der Waals surface area (Å²) in [5, 5.41) is 13.5. The minimum Gasteiger partial charge on any atom is -0.497 e. The largest absolute Gasteiger partial charge is 0.497 e. The van der Waals surface area contributed by atoms with Crippen LogP contribution in [-0.2, 0) is 4.79 Å². The van der Waals surface area contributed by atoms with Gasteiger partial charge in [-0.15, -0.1) is 5.10 Å². The van der Waals surface area contributed by atoms with Crippen molar-refractivity contribution in [1.82, 2.24) is 10.2 Å². The summed E-state index contributed by atoms with van der Waals surface area (Å²) in [7, 11) is 1.59. The highest BCUT2D eigenvalue weighted by atomic mass is 16.5. The summed E-state index contributed by atoms with van der Waals surface area (Å²) in [5.74, 6) is 1.32. The van der Waals surface area contributed by atoms with Gasteiger partial charge in [0, 0.05) is 16.8 Å². The fourth-order valence-corrected chi connectivity index (χ4v) is 4.66. The van der Waals surface area contributed by atoms with Gasteiger partial charge in [-0.2, -0.15) is 0 Å². The predicted octanol–water partition coefficient (Wildman–Crippen LogP) is 4.54. The molecule has 33 heavy (non-hydrogen) atoms. The van der Waals surface area contributed by atoms with Gasteiger partial charge in [-0.25, -0.2) is 0 Å². The number of nitrogens with zero attached hydrogens (tertiary/aromatic N) is 2. The Balaban J connectivity index is 1.25. The summed E-state index contributed by atoms with van der Waals surface area (Å²) >= 11 is 0. The molecule has 2 aliphatic rings. The number of allylic oxidation sites excluding steroid dienone is 2. The van der Waals surface area contributed by atoms with Gasteiger partial charge in [0.15, 0.2) is 0 Å². The van der Waals surface area contributed by atoms with E-state index in [1.54, 1.807) is 55.6 Å². The SMILES string of the molecule is COc1ccc(-c2nnc(NC(=O)c3cccc(NC(=O)[C@@]4(C)C[C@H]5C=C[C@H]4C5)c3)o2)cc1. The first kappa shape index (κ1) is 20.9. The third kappa shape index (κ3) is 4.00. The zero-order valence-electron chi connectivity index (χ0n) is 18.4. The van der Waals surface area contributed by atoms with E-state index in [0.29, 0.717) is 28.5 Å². The molecule has 0 aliphatic heterocycles. The second-order valence-electron chi connectivity index (χ2n) is 8.74. The molecule has 2 amide bonds. The first-order valence-corrected chi connectivity index (χ1v) is 10.8. The van der Waals surface area contributed by atoms with Crippen molar-refractivity contribution in [3.63, 3.8) is 0 Å². The number of rotatable bonds is 6. The molecule has 1 aromatic heterocycles. The molecule has 2 aliphatic carbocycles. The average Bonchev–Trinajstić information content (AvgIpc) is 3.56. The number of carbonyl (C=O) groups excluding carboxylic acids is 2. The summed E-state index contributed by atoms with van der Waals surface area (Å²) in [6.07, 6.45) is 6.26. The summed E-state index contributed by atoms with van der Waals surface area (Å²) in [6.45, 7) is 2.02. The summed E-state index contributed by atoms with van der Waals surface area (Å²) in [4.78, 5) is 25.7. The molecule has 0 saturated heterocycles. The van der Waals surface area contributed by atoms with E-state index in [-0.39, 0.29) is 23.7 Å². The predicted molar refractivity (Wildman–Crippen MR) is 123 cm³/mol. The minimum atomic E-state index is -0.417. The van der Waals surface area contributed by atoms with Crippen molar-refractivity contribution < 1.29 is 18.7 Å². The molecule has 8 heteroatoms. The number of ether oxygens (including phenoxy) is 1. The van der Waals surface area contributed by atoms with Gasteiger partial charge in [0.05, 0.1) is 12.5 Å². The highest BCUT2D eigenvalue weighted by Gasteiger charge is 2.49. The highest BCUT2D eigenvalue weighted by Crippen LogP contribution is 2.52. The van der Waals surface area contributed by atoms with Crippen LogP contribution in [0.4, 0.5) is 11.7 Å². The maximum atomic E-state index is 13.0. The van der Waals surface area contributed by atoms with Crippen molar-refractivity contribution in [1.29, 1.82) is 0 Å². The Morgan fingerprint density at radius 2 is 1.91 bits per heavy atom. The molecular weight excluding hydrogens is 420 g/mol. The molecule has 1 fully saturated rings. The Labute approximate surface area is 191 Å². The van der Waals surface area contributed by atoms with E-state index >= 15 is 0 Å². The fraction of sp³-hybridized carbons (Fsp3) is 0.280. The first-order chi connectivity index (χ1) is 15.9. The summed E-state index contributed by atoms with van der Waals surface area (Å²) in [5.41, 5.74) is 1.23. The molecular formula is C25H24N4O4. The quantitative estimate of drug-likeness (QED) is 0.541. The van der Waals surface area contributed by atoms with Crippen LogP contribution < -0.4 is 15.4 Å². The van der Waals surface area contributed by atoms with Gasteiger partial charge in [0.2, 0.25) is 11.8 Å². The number of anilines is 2. The Bertz CT molecular complexity index is 1230. The molecule has 168 valence electrons. The number of hydrogen-bond acceptors (Lipinski definition) is 6. The Morgan fingerprint density at radius 1 is 1.09 bits per heavy atom. The van der Waals surface area contributed by atoms with Gasteiger partial charge in [0.1, 0.15) is 5.75 Å². The molecule has 2 N–H and O–H groups in total. The normalized spacial score (nSPS) is 22.8. The van der Waals surface area contributed by atoms with Crippen molar-refractivity contribution in [2.75, 3.05) is 17.7 Å². The van der Waals surface area contributed by atoms with Crippen molar-refractivity contribution in [2.24, 2.45) is 17.3 Å². The fourth-order valence-electron chi connectivity index (χ4n) is 4.66. The summed E-state index contributed by atoms with van der Waals surface area (Å²) < 4.78 is 10.7. The van der Waals surface area contributed by atoms with Gasteiger partial charge in [-0.1, -0.05) is 30.2 Å². The van der Waals surface area contributed by atoms with Crippen LogP contribution in [0.2, 0.25) is 0 Å². The summed E-state index contributed by atoms with van der Waals surface area (Å²) in [6, 6.07) is 13.9. The van der Waals surface area contributed by atoms with Gasteiger partial charge >= 0.3 is 6.01 Å². The Morgan fingerprint density at radius 3 is 2.61 bits per heavy atom. The monoisotopic (exact) mass is 444 g/mol. The second-order valence-corrected chi connectivity index (χ2v) is 8.74. The molecule has 5 rings (SSSR count). The molecule has 1 saturated carbocycles. The number of carbonyl (C=O) groups is 2. The molecule has 2 bridgehead atoms. The van der Waals surface area contributed by atoms with Crippen LogP contribution in [0.3, 0.4) is 0 Å². The first-order valence-electron chi connectivity index (χ1n) is 10.8. The Kier molecular flexibility index (Phi) is 5.20. The molecule has 1 heterocycles. The van der Waals surface area contributed by atoms with Crippen LogP contribution in [0.15, 0.2) is 65.1 Å². The maximum Gasteiger partial charge on any atom is 0.322 e. The lowest BCUT2D eigenvalue weighted by atomic mass is 9.77. The van der Waals surface area contributed by atoms with E-state index in [1.165, 1.54) is 0 Å². The lowest BCUT2D eigenvalue weighted by molar-refractivity contribution is -0.126. The Hall–Kier alpha value is -3.94. The van der Waals surface area contributed by atoms with Gasteiger partial charge in [0.25, 0.3) is 5.91 Å². The lowest BCUT2D eigenvalue weighted by Gasteiger charge is -2.29. The van der Waals surface area contributed by atoms with Gasteiger partial charge in [-0.3, -0.25) is 14.9 Å². The van der Waals surface area contributed by atoms with E-state index in [9.17, 15) is 9.59 Å². The van der Waals surface area contributed by atoms with Crippen LogP contribution >= 0.6 is 0 Å². The topological polar surface area (TPSA) is 106 Å². The number of hydrogen-bond donors (Lipinski definition) is 2. The van der Waals surface area contributed by atoms with E-state index < -0.39 is 11.3 Å². The molecule has 0 radical (unpaired) electrons. The number of nitrogens with one attached hydrogen (secondary N) is 2. The smallest absolute Gasteiger partial charge is 0.322 e. The van der Waals surface area contributed by atoms with Crippen LogP contribution in [0.25, 0.3) is 11.5 Å². The van der Waals surface area contributed by atoms with Crippen molar-refractivity contribution >= 4 is 23.5 Å². The maximum absolute atomic E-state index is 13.0. The highest BCUT2D eigenvalue weighted by molar-refractivity contribution is 6.04.